The van der Waals surface area contributed by atoms with Crippen LogP contribution in [0.1, 0.15) is 18.0 Å². The lowest BCUT2D eigenvalue weighted by molar-refractivity contribution is 0.432. The Hall–Kier alpha value is -2.48. The van der Waals surface area contributed by atoms with E-state index < -0.39 is 27.7 Å². The van der Waals surface area contributed by atoms with Gasteiger partial charge in [0.1, 0.15) is 5.82 Å². The molecule has 0 N–H and O–H groups in total. The summed E-state index contributed by atoms with van der Waals surface area (Å²) in [6, 6.07) is 17.8. The van der Waals surface area contributed by atoms with Crippen molar-refractivity contribution in [1.29, 1.82) is 0 Å². The SMILES string of the molecule is O=S(=O)(c1ccc(Cl)cc1)N1CCC(c2ccccc2)N1c1ccc(F)cc1F. The van der Waals surface area contributed by atoms with Crippen molar-refractivity contribution in [3.63, 3.8) is 0 Å². The van der Waals surface area contributed by atoms with Gasteiger partial charge in [-0.3, -0.25) is 5.01 Å². The molecule has 1 saturated heterocycles. The summed E-state index contributed by atoms with van der Waals surface area (Å²) in [6.45, 7) is 0.154. The standard InChI is InChI=1S/C21H17ClF2N2O2S/c22-16-6-9-18(10-7-16)29(27,28)25-13-12-20(15-4-2-1-3-5-15)26(25)21-11-8-17(23)14-19(21)24/h1-11,14,20H,12-13H2. The first-order chi connectivity index (χ1) is 13.9. The highest BCUT2D eigenvalue weighted by Crippen LogP contribution is 2.40. The van der Waals surface area contributed by atoms with E-state index in [0.29, 0.717) is 11.4 Å². The number of nitrogens with zero attached hydrogens (tertiary/aromatic N) is 2. The van der Waals surface area contributed by atoms with E-state index >= 15 is 0 Å². The average molecular weight is 435 g/mol. The number of rotatable bonds is 4. The van der Waals surface area contributed by atoms with Crippen molar-refractivity contribution in [1.82, 2.24) is 4.41 Å². The first kappa shape index (κ1) is 19.8. The molecule has 1 unspecified atom stereocenters. The predicted molar refractivity (Wildman–Crippen MR) is 108 cm³/mol. The third kappa shape index (κ3) is 3.73. The molecule has 3 aromatic rings. The Labute approximate surface area is 173 Å². The van der Waals surface area contributed by atoms with E-state index in [0.717, 1.165) is 22.1 Å². The zero-order valence-corrected chi connectivity index (χ0v) is 16.7. The van der Waals surface area contributed by atoms with Crippen molar-refractivity contribution < 1.29 is 17.2 Å². The van der Waals surface area contributed by atoms with Crippen LogP contribution in [0.3, 0.4) is 0 Å². The van der Waals surface area contributed by atoms with E-state index in [1.54, 1.807) is 0 Å². The molecule has 150 valence electrons. The lowest BCUT2D eigenvalue weighted by Gasteiger charge is -2.34. The molecule has 1 atom stereocenters. The fourth-order valence-electron chi connectivity index (χ4n) is 3.52. The van der Waals surface area contributed by atoms with Gasteiger partial charge in [-0.05, 0) is 48.4 Å². The fraction of sp³-hybridized carbons (Fsp3) is 0.143. The van der Waals surface area contributed by atoms with Crippen LogP contribution in [-0.2, 0) is 10.0 Å². The average Bonchev–Trinajstić information content (AvgIpc) is 3.15. The van der Waals surface area contributed by atoms with Gasteiger partial charge in [0.05, 0.1) is 16.6 Å². The van der Waals surface area contributed by atoms with Crippen LogP contribution < -0.4 is 5.01 Å². The summed E-state index contributed by atoms with van der Waals surface area (Å²) in [5, 5.41) is 1.81. The van der Waals surface area contributed by atoms with Crippen molar-refractivity contribution in [3.8, 4) is 0 Å². The van der Waals surface area contributed by atoms with E-state index in [-0.39, 0.29) is 17.1 Å². The molecule has 0 saturated carbocycles. The van der Waals surface area contributed by atoms with Gasteiger partial charge in [-0.25, -0.2) is 17.2 Å². The van der Waals surface area contributed by atoms with Crippen molar-refractivity contribution in [2.45, 2.75) is 17.4 Å². The Morgan fingerprint density at radius 1 is 0.931 bits per heavy atom. The molecule has 4 rings (SSSR count). The molecular formula is C21H17ClF2N2O2S. The first-order valence-electron chi connectivity index (χ1n) is 8.95. The van der Waals surface area contributed by atoms with Gasteiger partial charge < -0.3 is 0 Å². The van der Waals surface area contributed by atoms with Crippen molar-refractivity contribution in [3.05, 3.63) is 95.0 Å². The Morgan fingerprint density at radius 2 is 1.62 bits per heavy atom. The number of benzene rings is 3. The van der Waals surface area contributed by atoms with E-state index in [1.807, 2.05) is 30.3 Å². The number of halogens is 3. The molecule has 1 heterocycles. The van der Waals surface area contributed by atoms with Gasteiger partial charge in [0.15, 0.2) is 5.82 Å². The molecule has 0 aromatic heterocycles. The molecule has 0 radical (unpaired) electrons. The quantitative estimate of drug-likeness (QED) is 0.568. The molecule has 4 nitrogen and oxygen atoms in total. The number of anilines is 1. The highest BCUT2D eigenvalue weighted by molar-refractivity contribution is 7.89. The lowest BCUT2D eigenvalue weighted by Crippen LogP contribution is -2.42. The summed E-state index contributed by atoms with van der Waals surface area (Å²) >= 11 is 5.88. The van der Waals surface area contributed by atoms with Gasteiger partial charge >= 0.3 is 0 Å². The largest absolute Gasteiger partial charge is 0.282 e. The first-order valence-corrected chi connectivity index (χ1v) is 10.8. The summed E-state index contributed by atoms with van der Waals surface area (Å²) in [4.78, 5) is 0.0446. The fourth-order valence-corrected chi connectivity index (χ4v) is 5.15. The summed E-state index contributed by atoms with van der Waals surface area (Å²) in [5.41, 5.74) is 0.834. The summed E-state index contributed by atoms with van der Waals surface area (Å²) in [7, 11) is -3.98. The second-order valence-corrected chi connectivity index (χ2v) is 8.94. The summed E-state index contributed by atoms with van der Waals surface area (Å²) < 4.78 is 56.0. The predicted octanol–water partition coefficient (Wildman–Crippen LogP) is 5.18. The van der Waals surface area contributed by atoms with Crippen LogP contribution in [0.4, 0.5) is 14.5 Å². The molecule has 1 fully saturated rings. The zero-order valence-electron chi connectivity index (χ0n) is 15.2. The molecule has 0 bridgehead atoms. The van der Waals surface area contributed by atoms with Crippen molar-refractivity contribution in [2.24, 2.45) is 0 Å². The van der Waals surface area contributed by atoms with Gasteiger partial charge in [-0.15, -0.1) is 4.41 Å². The minimum Gasteiger partial charge on any atom is -0.282 e. The van der Waals surface area contributed by atoms with Gasteiger partial charge in [0.2, 0.25) is 0 Å². The van der Waals surface area contributed by atoms with Crippen LogP contribution in [0, 0.1) is 11.6 Å². The van der Waals surface area contributed by atoms with Gasteiger partial charge in [0.25, 0.3) is 10.0 Å². The Balaban J connectivity index is 1.83. The normalized spacial score (nSPS) is 17.6. The van der Waals surface area contributed by atoms with Crippen molar-refractivity contribution in [2.75, 3.05) is 11.6 Å². The Bertz CT molecular complexity index is 1130. The van der Waals surface area contributed by atoms with Gasteiger partial charge in [0, 0.05) is 17.6 Å². The van der Waals surface area contributed by atoms with E-state index in [4.69, 9.17) is 11.6 Å². The molecule has 3 aromatic carbocycles. The molecule has 0 amide bonds. The molecule has 8 heteroatoms. The number of sulfonamides is 1. The topological polar surface area (TPSA) is 40.6 Å². The molecule has 0 spiro atoms. The summed E-state index contributed by atoms with van der Waals surface area (Å²) in [6.07, 6.45) is 0.452. The highest BCUT2D eigenvalue weighted by Gasteiger charge is 2.41. The van der Waals surface area contributed by atoms with Crippen LogP contribution in [0.25, 0.3) is 0 Å². The maximum Gasteiger partial charge on any atom is 0.260 e. The van der Waals surface area contributed by atoms with Crippen LogP contribution in [0.2, 0.25) is 5.02 Å². The minimum atomic E-state index is -3.98. The second-order valence-electron chi connectivity index (χ2n) is 6.66. The maximum absolute atomic E-state index is 14.7. The van der Waals surface area contributed by atoms with Crippen LogP contribution in [0.15, 0.2) is 77.7 Å². The number of hydrogen-bond acceptors (Lipinski definition) is 3. The van der Waals surface area contributed by atoms with Crippen molar-refractivity contribution >= 4 is 27.3 Å². The number of hydrazine groups is 1. The zero-order chi connectivity index (χ0) is 20.6. The monoisotopic (exact) mass is 434 g/mol. The van der Waals surface area contributed by atoms with E-state index in [9.17, 15) is 17.2 Å². The minimum absolute atomic E-state index is 0.00436. The number of hydrogen-bond donors (Lipinski definition) is 0. The van der Waals surface area contributed by atoms with E-state index in [1.165, 1.54) is 35.3 Å². The second kappa shape index (κ2) is 7.74. The van der Waals surface area contributed by atoms with Crippen LogP contribution in [0.5, 0.6) is 0 Å². The highest BCUT2D eigenvalue weighted by atomic mass is 35.5. The van der Waals surface area contributed by atoms with Gasteiger partial charge in [-0.2, -0.15) is 0 Å². The van der Waals surface area contributed by atoms with E-state index in [2.05, 4.69) is 0 Å². The molecule has 29 heavy (non-hydrogen) atoms. The summed E-state index contributed by atoms with van der Waals surface area (Å²) in [5.74, 6) is -1.56. The smallest absolute Gasteiger partial charge is 0.260 e. The van der Waals surface area contributed by atoms with Gasteiger partial charge in [-0.1, -0.05) is 41.9 Å². The molecule has 1 aliphatic heterocycles. The maximum atomic E-state index is 14.7. The molecule has 0 aliphatic carbocycles. The van der Waals surface area contributed by atoms with Crippen LogP contribution >= 0.6 is 11.6 Å². The third-order valence-corrected chi connectivity index (χ3v) is 6.89. The lowest BCUT2D eigenvalue weighted by atomic mass is 10.0. The molecular weight excluding hydrogens is 418 g/mol. The van der Waals surface area contributed by atoms with Crippen LogP contribution in [-0.4, -0.2) is 19.4 Å². The Morgan fingerprint density at radius 3 is 2.28 bits per heavy atom. The molecule has 1 aliphatic rings. The Kier molecular flexibility index (Phi) is 5.29. The third-order valence-electron chi connectivity index (χ3n) is 4.86.